The van der Waals surface area contributed by atoms with Crippen LogP contribution in [-0.2, 0) is 4.18 Å². The Morgan fingerprint density at radius 3 is 2.58 bits per heavy atom. The second-order valence-electron chi connectivity index (χ2n) is 3.78. The fourth-order valence-electron chi connectivity index (χ4n) is 2.38. The summed E-state index contributed by atoms with van der Waals surface area (Å²) >= 11 is 3.92. The number of thiol groups is 1. The second-order valence-corrected chi connectivity index (χ2v) is 3.99. The maximum atomic E-state index is 5.16. The molecule has 2 heteroatoms. The summed E-state index contributed by atoms with van der Waals surface area (Å²) in [6.07, 6.45) is 10.2. The van der Waals surface area contributed by atoms with Crippen molar-refractivity contribution in [3.8, 4) is 0 Å². The van der Waals surface area contributed by atoms with Crippen molar-refractivity contribution in [3.63, 3.8) is 0 Å². The molecule has 0 heterocycles. The Morgan fingerprint density at radius 1 is 1.25 bits per heavy atom. The first-order chi connectivity index (χ1) is 5.83. The van der Waals surface area contributed by atoms with Crippen molar-refractivity contribution in [3.05, 3.63) is 24.3 Å². The highest BCUT2D eigenvalue weighted by atomic mass is 32.1. The van der Waals surface area contributed by atoms with Crippen molar-refractivity contribution < 1.29 is 4.18 Å². The molecule has 0 radical (unpaired) electrons. The molecule has 12 heavy (non-hydrogen) atoms. The van der Waals surface area contributed by atoms with E-state index in [4.69, 9.17) is 4.18 Å². The minimum absolute atomic E-state index is 0.314. The number of allylic oxidation sites excluding steroid dienone is 3. The van der Waals surface area contributed by atoms with Crippen LogP contribution in [0.1, 0.15) is 13.3 Å². The van der Waals surface area contributed by atoms with E-state index in [1.54, 1.807) is 0 Å². The third kappa shape index (κ3) is 1.23. The molecular formula is C10H14OS. The molecule has 4 atom stereocenters. The quantitative estimate of drug-likeness (QED) is 0.484. The molecule has 4 unspecified atom stereocenters. The largest absolute Gasteiger partial charge is 0.315 e. The summed E-state index contributed by atoms with van der Waals surface area (Å²) < 4.78 is 5.16. The minimum Gasteiger partial charge on any atom is -0.315 e. The number of hydrogen-bond donors (Lipinski definition) is 1. The molecule has 2 rings (SSSR count). The summed E-state index contributed by atoms with van der Waals surface area (Å²) in [6, 6.07) is 0. The zero-order valence-corrected chi connectivity index (χ0v) is 8.08. The van der Waals surface area contributed by atoms with E-state index >= 15 is 0 Å². The average molecular weight is 182 g/mol. The summed E-state index contributed by atoms with van der Waals surface area (Å²) in [5.74, 6) is 1.96. The molecular weight excluding hydrogens is 168 g/mol. The number of fused-ring (bicyclic) bond motifs is 1. The van der Waals surface area contributed by atoms with Crippen LogP contribution in [0.4, 0.5) is 0 Å². The van der Waals surface area contributed by atoms with Gasteiger partial charge in [-0.2, -0.15) is 0 Å². The van der Waals surface area contributed by atoms with Gasteiger partial charge in [0.05, 0.1) is 6.10 Å². The first-order valence-corrected chi connectivity index (χ1v) is 4.84. The van der Waals surface area contributed by atoms with Gasteiger partial charge < -0.3 is 4.18 Å². The monoisotopic (exact) mass is 182 g/mol. The molecule has 0 spiro atoms. The summed E-state index contributed by atoms with van der Waals surface area (Å²) in [6.45, 7) is 2.29. The van der Waals surface area contributed by atoms with Gasteiger partial charge in [-0.25, -0.2) is 0 Å². The number of hydrogen-bond acceptors (Lipinski definition) is 2. The van der Waals surface area contributed by atoms with Gasteiger partial charge in [-0.05, 0) is 31.2 Å². The molecule has 1 fully saturated rings. The molecule has 2 aliphatic carbocycles. The molecule has 0 aromatic heterocycles. The Morgan fingerprint density at radius 2 is 1.92 bits per heavy atom. The molecule has 66 valence electrons. The Bertz CT molecular complexity index is 222. The van der Waals surface area contributed by atoms with E-state index in [1.807, 2.05) is 0 Å². The molecule has 0 amide bonds. The molecule has 0 aliphatic heterocycles. The zero-order chi connectivity index (χ0) is 8.55. The third-order valence-electron chi connectivity index (χ3n) is 3.05. The minimum atomic E-state index is 0.314. The van der Waals surface area contributed by atoms with Gasteiger partial charge in [0, 0.05) is 5.92 Å². The maximum absolute atomic E-state index is 5.16. The molecule has 0 aromatic carbocycles. The number of rotatable bonds is 1. The lowest BCUT2D eigenvalue weighted by molar-refractivity contribution is 0.211. The lowest BCUT2D eigenvalue weighted by Crippen LogP contribution is -2.18. The summed E-state index contributed by atoms with van der Waals surface area (Å²) in [5.41, 5.74) is 0. The highest BCUT2D eigenvalue weighted by Gasteiger charge is 2.39. The van der Waals surface area contributed by atoms with Crippen LogP contribution in [0, 0.1) is 17.8 Å². The lowest BCUT2D eigenvalue weighted by Gasteiger charge is -2.20. The van der Waals surface area contributed by atoms with Gasteiger partial charge in [0.25, 0.3) is 0 Å². The van der Waals surface area contributed by atoms with Gasteiger partial charge in [-0.3, -0.25) is 0 Å². The Kier molecular flexibility index (Phi) is 2.28. The lowest BCUT2D eigenvalue weighted by atomic mass is 9.87. The van der Waals surface area contributed by atoms with Crippen molar-refractivity contribution in [1.29, 1.82) is 0 Å². The van der Waals surface area contributed by atoms with Gasteiger partial charge in [0.2, 0.25) is 0 Å². The Labute approximate surface area is 79.1 Å². The normalized spacial score (nSPS) is 44.8. The van der Waals surface area contributed by atoms with Crippen LogP contribution in [-0.4, -0.2) is 6.10 Å². The van der Waals surface area contributed by atoms with E-state index in [0.29, 0.717) is 17.9 Å². The standard InChI is InChI=1S/C10H14OS/c1-7-6-10(11-12)9-5-3-2-4-8(7)9/h2-5,7-10,12H,6H2,1H3. The third-order valence-corrected chi connectivity index (χ3v) is 3.32. The Balaban J connectivity index is 2.18. The van der Waals surface area contributed by atoms with Crippen molar-refractivity contribution >= 4 is 12.9 Å². The van der Waals surface area contributed by atoms with Gasteiger partial charge in [0.1, 0.15) is 0 Å². The maximum Gasteiger partial charge on any atom is 0.0790 e. The van der Waals surface area contributed by atoms with Crippen molar-refractivity contribution in [2.24, 2.45) is 17.8 Å². The van der Waals surface area contributed by atoms with Crippen LogP contribution in [0.15, 0.2) is 24.3 Å². The van der Waals surface area contributed by atoms with Gasteiger partial charge in [-0.15, -0.1) is 0 Å². The average Bonchev–Trinajstić information content (AvgIpc) is 2.44. The van der Waals surface area contributed by atoms with Crippen LogP contribution in [0.2, 0.25) is 0 Å². The zero-order valence-electron chi connectivity index (χ0n) is 7.18. The molecule has 0 aromatic rings. The fraction of sp³-hybridized carbons (Fsp3) is 0.600. The van der Waals surface area contributed by atoms with Crippen molar-refractivity contribution in [1.82, 2.24) is 0 Å². The summed E-state index contributed by atoms with van der Waals surface area (Å²) in [5, 5.41) is 0. The van der Waals surface area contributed by atoms with Gasteiger partial charge in [-0.1, -0.05) is 31.2 Å². The first kappa shape index (κ1) is 8.39. The highest BCUT2D eigenvalue weighted by molar-refractivity contribution is 7.75. The van der Waals surface area contributed by atoms with E-state index in [2.05, 4.69) is 44.1 Å². The van der Waals surface area contributed by atoms with Crippen LogP contribution >= 0.6 is 12.9 Å². The summed E-state index contributed by atoms with van der Waals surface area (Å²) in [4.78, 5) is 0. The van der Waals surface area contributed by atoms with E-state index in [9.17, 15) is 0 Å². The molecule has 0 saturated heterocycles. The first-order valence-electron chi connectivity index (χ1n) is 4.48. The molecule has 0 bridgehead atoms. The smallest absolute Gasteiger partial charge is 0.0790 e. The van der Waals surface area contributed by atoms with Gasteiger partial charge >= 0.3 is 0 Å². The molecule has 0 N–H and O–H groups in total. The van der Waals surface area contributed by atoms with Gasteiger partial charge in [0.15, 0.2) is 0 Å². The van der Waals surface area contributed by atoms with E-state index < -0.39 is 0 Å². The molecule has 1 saturated carbocycles. The van der Waals surface area contributed by atoms with Crippen LogP contribution in [0.5, 0.6) is 0 Å². The van der Waals surface area contributed by atoms with E-state index in [-0.39, 0.29) is 0 Å². The van der Waals surface area contributed by atoms with Crippen molar-refractivity contribution in [2.75, 3.05) is 0 Å². The predicted molar refractivity (Wildman–Crippen MR) is 52.9 cm³/mol. The topological polar surface area (TPSA) is 9.23 Å². The van der Waals surface area contributed by atoms with Crippen LogP contribution in [0.3, 0.4) is 0 Å². The van der Waals surface area contributed by atoms with E-state index in [1.165, 1.54) is 0 Å². The van der Waals surface area contributed by atoms with Crippen molar-refractivity contribution in [2.45, 2.75) is 19.4 Å². The highest BCUT2D eigenvalue weighted by Crippen LogP contribution is 2.42. The fourth-order valence-corrected chi connectivity index (χ4v) is 2.60. The molecule has 1 nitrogen and oxygen atoms in total. The second kappa shape index (κ2) is 3.27. The molecule has 2 aliphatic rings. The van der Waals surface area contributed by atoms with Crippen LogP contribution in [0.25, 0.3) is 0 Å². The Hall–Kier alpha value is -0.210. The predicted octanol–water partition coefficient (Wildman–Crippen LogP) is 2.61. The van der Waals surface area contributed by atoms with Crippen LogP contribution < -0.4 is 0 Å². The SMILES string of the molecule is CC1CC(OS)C2C=CC=CC12. The summed E-state index contributed by atoms with van der Waals surface area (Å²) in [7, 11) is 0. The van der Waals surface area contributed by atoms with E-state index in [0.717, 1.165) is 12.3 Å².